The Hall–Kier alpha value is -0.460. The second-order valence-corrected chi connectivity index (χ2v) is 8.39. The lowest BCUT2D eigenvalue weighted by Gasteiger charge is -2.23. The number of hydrogen-bond acceptors (Lipinski definition) is 5. The van der Waals surface area contributed by atoms with E-state index < -0.39 is 24.4 Å². The van der Waals surface area contributed by atoms with Gasteiger partial charge in [0.05, 0.1) is 13.2 Å². The van der Waals surface area contributed by atoms with Gasteiger partial charge in [-0.1, -0.05) is 76.9 Å². The van der Waals surface area contributed by atoms with Crippen LogP contribution in [0.15, 0.2) is 12.2 Å². The van der Waals surface area contributed by atoms with Crippen molar-refractivity contribution in [2.24, 2.45) is 0 Å². The largest absolute Gasteiger partial charge is 0.394 e. The molecule has 0 bridgehead atoms. The van der Waals surface area contributed by atoms with E-state index in [1.807, 2.05) is 0 Å². The van der Waals surface area contributed by atoms with Crippen molar-refractivity contribution in [3.8, 4) is 0 Å². The van der Waals surface area contributed by atoms with Gasteiger partial charge in [-0.2, -0.15) is 0 Å². The summed E-state index contributed by atoms with van der Waals surface area (Å²) < 4.78 is 11.0. The predicted molar refractivity (Wildman–Crippen MR) is 118 cm³/mol. The molecule has 29 heavy (non-hydrogen) atoms. The molecule has 0 saturated carbocycles. The van der Waals surface area contributed by atoms with Gasteiger partial charge < -0.3 is 24.8 Å². The zero-order chi connectivity index (χ0) is 21.2. The number of rotatable bonds is 19. The van der Waals surface area contributed by atoms with Crippen molar-refractivity contribution in [2.45, 2.75) is 121 Å². The van der Waals surface area contributed by atoms with Gasteiger partial charge in [0.2, 0.25) is 0 Å². The Labute approximate surface area is 178 Å². The van der Waals surface area contributed by atoms with Crippen molar-refractivity contribution < 1.29 is 24.8 Å². The maximum Gasteiger partial charge on any atom is 0.114 e. The maximum absolute atomic E-state index is 9.89. The van der Waals surface area contributed by atoms with Crippen LogP contribution in [0.2, 0.25) is 0 Å². The van der Waals surface area contributed by atoms with Gasteiger partial charge in [0.1, 0.15) is 24.4 Å². The van der Waals surface area contributed by atoms with Crippen LogP contribution < -0.4 is 0 Å². The van der Waals surface area contributed by atoms with Gasteiger partial charge >= 0.3 is 0 Å². The molecule has 1 heterocycles. The molecule has 4 atom stereocenters. The molecule has 0 aliphatic carbocycles. The Morgan fingerprint density at radius 1 is 0.897 bits per heavy atom. The highest BCUT2D eigenvalue weighted by molar-refractivity contribution is 4.89. The fourth-order valence-corrected chi connectivity index (χ4v) is 3.83. The maximum atomic E-state index is 9.89. The molecule has 1 fully saturated rings. The first-order valence-corrected chi connectivity index (χ1v) is 12.1. The summed E-state index contributed by atoms with van der Waals surface area (Å²) in [5, 5.41) is 28.7. The third kappa shape index (κ3) is 12.7. The number of hydrogen-bond donors (Lipinski definition) is 3. The third-order valence-electron chi connectivity index (χ3n) is 5.70. The first-order valence-electron chi connectivity index (χ1n) is 12.1. The Kier molecular flexibility index (Phi) is 16.8. The van der Waals surface area contributed by atoms with Crippen LogP contribution in [0.5, 0.6) is 0 Å². The minimum absolute atomic E-state index is 0.153. The van der Waals surface area contributed by atoms with E-state index in [0.717, 1.165) is 12.8 Å². The fraction of sp³-hybridized carbons (Fsp3) is 0.917. The number of allylic oxidation sites excluding steroid dienone is 2. The molecule has 1 saturated heterocycles. The molecule has 3 N–H and O–H groups in total. The van der Waals surface area contributed by atoms with Gasteiger partial charge in [0.25, 0.3) is 0 Å². The normalized spacial score (nSPS) is 23.2. The molecule has 0 spiro atoms. The summed E-state index contributed by atoms with van der Waals surface area (Å²) in [4.78, 5) is 0. The van der Waals surface area contributed by atoms with Crippen LogP contribution in [0.3, 0.4) is 0 Å². The molecule has 0 aromatic rings. The third-order valence-corrected chi connectivity index (χ3v) is 5.70. The summed E-state index contributed by atoms with van der Waals surface area (Å²) in [5.41, 5.74) is 0. The van der Waals surface area contributed by atoms with Crippen LogP contribution in [0.25, 0.3) is 0 Å². The van der Waals surface area contributed by atoms with Crippen LogP contribution in [-0.4, -0.2) is 59.6 Å². The average molecular weight is 415 g/mol. The molecule has 1 rings (SSSR count). The molecule has 1 aliphatic heterocycles. The van der Waals surface area contributed by atoms with E-state index in [9.17, 15) is 10.2 Å². The summed E-state index contributed by atoms with van der Waals surface area (Å²) in [6.45, 7) is 2.59. The van der Waals surface area contributed by atoms with Gasteiger partial charge in [-0.15, -0.1) is 0 Å². The van der Waals surface area contributed by atoms with E-state index in [4.69, 9.17) is 14.6 Å². The molecule has 0 amide bonds. The van der Waals surface area contributed by atoms with Gasteiger partial charge in [-0.05, 0) is 32.1 Å². The van der Waals surface area contributed by atoms with E-state index in [0.29, 0.717) is 6.61 Å². The molecular formula is C24H46O5. The number of aliphatic hydroxyl groups excluding tert-OH is 3. The molecule has 1 aliphatic rings. The van der Waals surface area contributed by atoms with Crippen LogP contribution in [0.1, 0.15) is 96.8 Å². The van der Waals surface area contributed by atoms with Gasteiger partial charge in [0, 0.05) is 6.61 Å². The summed E-state index contributed by atoms with van der Waals surface area (Å²) in [5.74, 6) is 0. The zero-order valence-electron chi connectivity index (χ0n) is 18.6. The highest BCUT2D eigenvalue weighted by atomic mass is 16.6. The fourth-order valence-electron chi connectivity index (χ4n) is 3.83. The molecule has 5 heteroatoms. The van der Waals surface area contributed by atoms with Crippen molar-refractivity contribution >= 4 is 0 Å². The molecular weight excluding hydrogens is 368 g/mol. The molecule has 0 unspecified atom stereocenters. The summed E-state index contributed by atoms with van der Waals surface area (Å²) in [6.07, 6.45) is 19.5. The zero-order valence-corrected chi connectivity index (χ0v) is 18.6. The SMILES string of the molecule is CCCCCCC/C=C/CCCCCCCCCO[C@H]1[C@@H]([C@@H](O)CO)OC[C@H]1O. The molecule has 0 aromatic carbocycles. The summed E-state index contributed by atoms with van der Waals surface area (Å²) in [7, 11) is 0. The quantitative estimate of drug-likeness (QED) is 0.214. The second kappa shape index (κ2) is 18.3. The lowest BCUT2D eigenvalue weighted by atomic mass is 10.1. The van der Waals surface area contributed by atoms with Crippen molar-refractivity contribution in [1.29, 1.82) is 0 Å². The van der Waals surface area contributed by atoms with Gasteiger partial charge in [-0.25, -0.2) is 0 Å². The standard InChI is InChI=1S/C24H46O5/c1-2-3-4-5-6-7-8-9-10-11-12-13-14-15-16-17-18-28-24-22(27)20-29-23(24)21(26)19-25/h8-9,21-27H,2-7,10-20H2,1H3/b9-8+/t21-,22+,23+,24+/m0/s1. The van der Waals surface area contributed by atoms with Crippen LogP contribution in [-0.2, 0) is 9.47 Å². The van der Waals surface area contributed by atoms with E-state index in [2.05, 4.69) is 19.1 Å². The van der Waals surface area contributed by atoms with Crippen molar-refractivity contribution in [2.75, 3.05) is 19.8 Å². The van der Waals surface area contributed by atoms with E-state index in [-0.39, 0.29) is 13.2 Å². The Balaban J connectivity index is 1.86. The second-order valence-electron chi connectivity index (χ2n) is 8.39. The lowest BCUT2D eigenvalue weighted by molar-refractivity contribution is -0.0938. The topological polar surface area (TPSA) is 79.2 Å². The van der Waals surface area contributed by atoms with E-state index in [1.165, 1.54) is 77.0 Å². The Bertz CT molecular complexity index is 387. The molecule has 0 radical (unpaired) electrons. The van der Waals surface area contributed by atoms with Crippen LogP contribution in [0, 0.1) is 0 Å². The molecule has 5 nitrogen and oxygen atoms in total. The van der Waals surface area contributed by atoms with Crippen molar-refractivity contribution in [3.63, 3.8) is 0 Å². The number of ether oxygens (including phenoxy) is 2. The average Bonchev–Trinajstić information content (AvgIpc) is 3.10. The number of unbranched alkanes of at least 4 members (excludes halogenated alkanes) is 12. The van der Waals surface area contributed by atoms with E-state index in [1.54, 1.807) is 0 Å². The van der Waals surface area contributed by atoms with Gasteiger partial charge in [0.15, 0.2) is 0 Å². The Morgan fingerprint density at radius 2 is 1.45 bits per heavy atom. The number of aliphatic hydroxyl groups is 3. The minimum atomic E-state index is -1.00. The first-order chi connectivity index (χ1) is 14.2. The van der Waals surface area contributed by atoms with Gasteiger partial charge in [-0.3, -0.25) is 0 Å². The van der Waals surface area contributed by atoms with Crippen molar-refractivity contribution in [1.82, 2.24) is 0 Å². The predicted octanol–water partition coefficient (Wildman–Crippen LogP) is 4.52. The van der Waals surface area contributed by atoms with Crippen LogP contribution >= 0.6 is 0 Å². The molecule has 0 aromatic heterocycles. The Morgan fingerprint density at radius 3 is 2.03 bits per heavy atom. The van der Waals surface area contributed by atoms with Crippen molar-refractivity contribution in [3.05, 3.63) is 12.2 Å². The first kappa shape index (κ1) is 26.6. The lowest BCUT2D eigenvalue weighted by Crippen LogP contribution is -2.42. The summed E-state index contributed by atoms with van der Waals surface area (Å²) >= 11 is 0. The smallest absolute Gasteiger partial charge is 0.114 e. The monoisotopic (exact) mass is 414 g/mol. The molecule has 172 valence electrons. The highest BCUT2D eigenvalue weighted by Gasteiger charge is 2.40. The minimum Gasteiger partial charge on any atom is -0.394 e. The summed E-state index contributed by atoms with van der Waals surface area (Å²) in [6, 6.07) is 0. The van der Waals surface area contributed by atoms with E-state index >= 15 is 0 Å². The highest BCUT2D eigenvalue weighted by Crippen LogP contribution is 2.21. The van der Waals surface area contributed by atoms with Crippen LogP contribution in [0.4, 0.5) is 0 Å².